The molecule has 0 aliphatic carbocycles. The Kier molecular flexibility index (Phi) is 9.95. The molecule has 0 bridgehead atoms. The first-order valence-corrected chi connectivity index (χ1v) is 11.2. The minimum Gasteiger partial charge on any atom is -0.0984 e. The molecule has 0 aromatic heterocycles. The zero-order chi connectivity index (χ0) is 20.5. The van der Waals surface area contributed by atoms with Gasteiger partial charge in [-0.2, -0.15) is 0 Å². The van der Waals surface area contributed by atoms with E-state index in [0.29, 0.717) is 20.1 Å². The summed E-state index contributed by atoms with van der Waals surface area (Å²) in [6, 6.07) is 8.07. The highest BCUT2D eigenvalue weighted by molar-refractivity contribution is 6.43. The maximum Gasteiger partial charge on any atom is 0.0667 e. The number of unbranched alkanes of at least 4 members (excludes halogenated alkanes) is 5. The lowest BCUT2D eigenvalue weighted by Crippen LogP contribution is -1.91. The lowest BCUT2D eigenvalue weighted by Gasteiger charge is -2.09. The Morgan fingerprint density at radius 1 is 0.536 bits per heavy atom. The molecule has 0 radical (unpaired) electrons. The summed E-state index contributed by atoms with van der Waals surface area (Å²) < 4.78 is 0. The number of aryl methyl sites for hydroxylation is 2. The van der Waals surface area contributed by atoms with Gasteiger partial charge in [-0.05, 0) is 47.9 Å². The Labute approximate surface area is 189 Å². The van der Waals surface area contributed by atoms with Crippen molar-refractivity contribution in [2.45, 2.75) is 51.4 Å². The summed E-state index contributed by atoms with van der Waals surface area (Å²) in [7, 11) is 0. The minimum atomic E-state index is 0.606. The fraction of sp³-hybridized carbons (Fsp3) is 0.333. The Balaban J connectivity index is 1.65. The monoisotopic (exact) mass is 454 g/mol. The van der Waals surface area contributed by atoms with E-state index in [1.54, 1.807) is 12.2 Å². The quantitative estimate of drug-likeness (QED) is 0.295. The van der Waals surface area contributed by atoms with E-state index in [1.807, 2.05) is 12.1 Å². The van der Waals surface area contributed by atoms with Crippen molar-refractivity contribution in [3.63, 3.8) is 0 Å². The summed E-state index contributed by atoms with van der Waals surface area (Å²) in [6.07, 6.45) is 12.4. The van der Waals surface area contributed by atoms with Gasteiger partial charge in [0.25, 0.3) is 0 Å². The summed E-state index contributed by atoms with van der Waals surface area (Å²) in [4.78, 5) is 0. The van der Waals surface area contributed by atoms with E-state index in [9.17, 15) is 0 Å². The molecule has 4 heteroatoms. The van der Waals surface area contributed by atoms with Crippen LogP contribution in [0.15, 0.2) is 37.4 Å². The third-order valence-corrected chi connectivity index (χ3v) is 6.84. The van der Waals surface area contributed by atoms with E-state index < -0.39 is 0 Å². The summed E-state index contributed by atoms with van der Waals surface area (Å²) >= 11 is 25.2. The standard InChI is InChI=1S/C24H26Cl4/c1-3-17-13-15-19(23(27)21(17)25)11-9-7-5-6-8-10-12-20-16-14-18(4-2)22(26)24(20)28/h3-4,13-16H,1-2,5-12H2. The van der Waals surface area contributed by atoms with Crippen LogP contribution in [-0.2, 0) is 12.8 Å². The van der Waals surface area contributed by atoms with Crippen molar-refractivity contribution in [2.24, 2.45) is 0 Å². The molecule has 0 unspecified atom stereocenters. The molecule has 0 atom stereocenters. The van der Waals surface area contributed by atoms with Crippen LogP contribution in [-0.4, -0.2) is 0 Å². The second-order valence-electron chi connectivity index (χ2n) is 6.91. The molecule has 0 saturated carbocycles. The fourth-order valence-corrected chi connectivity index (χ4v) is 4.30. The van der Waals surface area contributed by atoms with Gasteiger partial charge in [-0.25, -0.2) is 0 Å². The van der Waals surface area contributed by atoms with Gasteiger partial charge in [0, 0.05) is 0 Å². The smallest absolute Gasteiger partial charge is 0.0667 e. The second-order valence-corrected chi connectivity index (χ2v) is 8.43. The van der Waals surface area contributed by atoms with Crippen LogP contribution in [0.3, 0.4) is 0 Å². The normalized spacial score (nSPS) is 10.9. The maximum absolute atomic E-state index is 6.35. The van der Waals surface area contributed by atoms with Gasteiger partial charge in [0.05, 0.1) is 20.1 Å². The summed E-state index contributed by atoms with van der Waals surface area (Å²) in [5.74, 6) is 0. The van der Waals surface area contributed by atoms with Crippen molar-refractivity contribution in [2.75, 3.05) is 0 Å². The van der Waals surface area contributed by atoms with Gasteiger partial charge in [0.2, 0.25) is 0 Å². The predicted molar refractivity (Wildman–Crippen MR) is 128 cm³/mol. The van der Waals surface area contributed by atoms with Gasteiger partial charge in [0.15, 0.2) is 0 Å². The topological polar surface area (TPSA) is 0 Å². The van der Waals surface area contributed by atoms with Crippen molar-refractivity contribution >= 4 is 58.6 Å². The molecule has 0 aliphatic rings. The highest BCUT2D eigenvalue weighted by atomic mass is 35.5. The number of halogens is 4. The highest BCUT2D eigenvalue weighted by Gasteiger charge is 2.09. The van der Waals surface area contributed by atoms with Gasteiger partial charge in [-0.3, -0.25) is 0 Å². The van der Waals surface area contributed by atoms with E-state index in [0.717, 1.165) is 47.9 Å². The first-order chi connectivity index (χ1) is 13.5. The summed E-state index contributed by atoms with van der Waals surface area (Å²) in [5, 5.41) is 2.54. The van der Waals surface area contributed by atoms with E-state index in [2.05, 4.69) is 25.3 Å². The minimum absolute atomic E-state index is 0.606. The van der Waals surface area contributed by atoms with Crippen LogP contribution < -0.4 is 0 Å². The van der Waals surface area contributed by atoms with Crippen molar-refractivity contribution in [3.05, 3.63) is 79.8 Å². The summed E-state index contributed by atoms with van der Waals surface area (Å²) in [5.41, 5.74) is 4.00. The number of hydrogen-bond donors (Lipinski definition) is 0. The van der Waals surface area contributed by atoms with Crippen LogP contribution in [0.25, 0.3) is 12.2 Å². The van der Waals surface area contributed by atoms with Crippen molar-refractivity contribution in [1.82, 2.24) is 0 Å². The van der Waals surface area contributed by atoms with Crippen LogP contribution in [0, 0.1) is 0 Å². The number of rotatable bonds is 11. The first kappa shape index (κ1) is 23.4. The average Bonchev–Trinajstić information content (AvgIpc) is 2.70. The van der Waals surface area contributed by atoms with Crippen LogP contribution in [0.1, 0.15) is 60.8 Å². The van der Waals surface area contributed by atoms with Crippen molar-refractivity contribution in [3.8, 4) is 0 Å². The fourth-order valence-electron chi connectivity index (χ4n) is 3.25. The van der Waals surface area contributed by atoms with Crippen LogP contribution in [0.5, 0.6) is 0 Å². The maximum atomic E-state index is 6.35. The van der Waals surface area contributed by atoms with Gasteiger partial charge < -0.3 is 0 Å². The molecule has 2 rings (SSSR count). The van der Waals surface area contributed by atoms with Crippen LogP contribution in [0.2, 0.25) is 20.1 Å². The Bertz CT molecular complexity index is 754. The van der Waals surface area contributed by atoms with E-state index in [1.165, 1.54) is 25.7 Å². The molecule has 150 valence electrons. The molecule has 0 spiro atoms. The molecule has 2 aromatic carbocycles. The highest BCUT2D eigenvalue weighted by Crippen LogP contribution is 2.32. The van der Waals surface area contributed by atoms with Crippen LogP contribution in [0.4, 0.5) is 0 Å². The SMILES string of the molecule is C=Cc1ccc(CCCCCCCCc2ccc(C=C)c(Cl)c2Cl)c(Cl)c1Cl. The Morgan fingerprint density at radius 3 is 1.25 bits per heavy atom. The molecule has 28 heavy (non-hydrogen) atoms. The lowest BCUT2D eigenvalue weighted by molar-refractivity contribution is 0.594. The Hall–Kier alpha value is -0.920. The molecule has 0 N–H and O–H groups in total. The lowest BCUT2D eigenvalue weighted by atomic mass is 10.0. The molecule has 0 fully saturated rings. The second kappa shape index (κ2) is 11.9. The van der Waals surface area contributed by atoms with Crippen molar-refractivity contribution < 1.29 is 0 Å². The number of hydrogen-bond acceptors (Lipinski definition) is 0. The molecule has 0 amide bonds. The van der Waals surface area contributed by atoms with Crippen LogP contribution >= 0.6 is 46.4 Å². The molecular weight excluding hydrogens is 430 g/mol. The van der Waals surface area contributed by atoms with Gasteiger partial charge >= 0.3 is 0 Å². The van der Waals surface area contributed by atoms with Gasteiger partial charge in [-0.15, -0.1) is 0 Å². The van der Waals surface area contributed by atoms with E-state index >= 15 is 0 Å². The molecule has 0 aliphatic heterocycles. The van der Waals surface area contributed by atoms with Gasteiger partial charge in [0.1, 0.15) is 0 Å². The third-order valence-electron chi connectivity index (χ3n) is 4.97. The summed E-state index contributed by atoms with van der Waals surface area (Å²) in [6.45, 7) is 7.50. The predicted octanol–water partition coefficient (Wildman–Crippen LogP) is 9.71. The average molecular weight is 456 g/mol. The molecule has 0 saturated heterocycles. The Morgan fingerprint density at radius 2 is 0.893 bits per heavy atom. The van der Waals surface area contributed by atoms with E-state index in [4.69, 9.17) is 46.4 Å². The molecule has 2 aromatic rings. The molecular formula is C24H26Cl4. The first-order valence-electron chi connectivity index (χ1n) is 9.68. The van der Waals surface area contributed by atoms with Crippen molar-refractivity contribution in [1.29, 1.82) is 0 Å². The zero-order valence-electron chi connectivity index (χ0n) is 16.0. The number of benzene rings is 2. The third kappa shape index (κ3) is 6.29. The molecule has 0 nitrogen and oxygen atoms in total. The van der Waals surface area contributed by atoms with E-state index in [-0.39, 0.29) is 0 Å². The zero-order valence-corrected chi connectivity index (χ0v) is 19.1. The van der Waals surface area contributed by atoms with Gasteiger partial charge in [-0.1, -0.05) is 122 Å². The molecule has 0 heterocycles. The largest absolute Gasteiger partial charge is 0.0984 e.